The Bertz CT molecular complexity index is 537. The lowest BCUT2D eigenvalue weighted by atomic mass is 9.96. The molecule has 1 aromatic heterocycles. The van der Waals surface area contributed by atoms with Gasteiger partial charge in [-0.15, -0.1) is 11.3 Å². The molecule has 0 bridgehead atoms. The monoisotopic (exact) mass is 316 g/mol. The second-order valence-corrected chi connectivity index (χ2v) is 9.06. The average Bonchev–Trinajstić information content (AvgIpc) is 3.05. The molecule has 1 aromatic rings. The Kier molecular flexibility index (Phi) is 5.23. The maximum absolute atomic E-state index is 12.6. The molecule has 1 fully saturated rings. The first-order chi connectivity index (χ1) is 9.45. The summed E-state index contributed by atoms with van der Waals surface area (Å²) in [7, 11) is -1.37. The van der Waals surface area contributed by atoms with Crippen molar-refractivity contribution < 1.29 is 8.42 Å². The van der Waals surface area contributed by atoms with Crippen molar-refractivity contribution in [2.75, 3.05) is 26.7 Å². The smallest absolute Gasteiger partial charge is 0.252 e. The Morgan fingerprint density at radius 3 is 2.80 bits per heavy atom. The minimum absolute atomic E-state index is 0.494. The van der Waals surface area contributed by atoms with Gasteiger partial charge in [0.15, 0.2) is 0 Å². The molecule has 0 saturated carbocycles. The van der Waals surface area contributed by atoms with E-state index < -0.39 is 10.0 Å². The molecule has 2 heterocycles. The third-order valence-corrected chi connectivity index (χ3v) is 7.46. The number of likely N-dealkylation sites (N-methyl/N-ethyl adjacent to an activating group) is 1. The summed E-state index contributed by atoms with van der Waals surface area (Å²) in [4.78, 5) is 1.12. The molecule has 0 radical (unpaired) electrons. The fourth-order valence-corrected chi connectivity index (χ4v) is 5.54. The van der Waals surface area contributed by atoms with Gasteiger partial charge in [-0.05, 0) is 50.4 Å². The van der Waals surface area contributed by atoms with Crippen molar-refractivity contribution in [2.45, 2.75) is 30.9 Å². The molecule has 1 atom stereocenters. The maximum atomic E-state index is 12.6. The molecule has 4 nitrogen and oxygen atoms in total. The van der Waals surface area contributed by atoms with Crippen LogP contribution in [0.25, 0.3) is 0 Å². The summed E-state index contributed by atoms with van der Waals surface area (Å²) < 4.78 is 27.4. The van der Waals surface area contributed by atoms with E-state index in [4.69, 9.17) is 0 Å². The second-order valence-electron chi connectivity index (χ2n) is 5.73. The fourth-order valence-electron chi connectivity index (χ4n) is 2.52. The van der Waals surface area contributed by atoms with Gasteiger partial charge in [-0.1, -0.05) is 13.8 Å². The second kappa shape index (κ2) is 6.56. The Hall–Kier alpha value is -0.430. The predicted octanol–water partition coefficient (Wildman–Crippen LogP) is 2.18. The van der Waals surface area contributed by atoms with Crippen molar-refractivity contribution in [1.82, 2.24) is 9.62 Å². The minimum Gasteiger partial charge on any atom is -0.319 e. The number of nitrogens with one attached hydrogen (secondary N) is 1. The Morgan fingerprint density at radius 1 is 1.45 bits per heavy atom. The molecule has 114 valence electrons. The van der Waals surface area contributed by atoms with Crippen molar-refractivity contribution in [3.05, 3.63) is 17.0 Å². The van der Waals surface area contributed by atoms with Crippen LogP contribution < -0.4 is 5.32 Å². The molecule has 20 heavy (non-hydrogen) atoms. The summed E-state index contributed by atoms with van der Waals surface area (Å²) in [6, 6.07) is 3.69. The molecule has 1 aliphatic rings. The highest BCUT2D eigenvalue weighted by molar-refractivity contribution is 7.91. The van der Waals surface area contributed by atoms with Crippen molar-refractivity contribution in [2.24, 2.45) is 11.8 Å². The molecule has 0 amide bonds. The number of thiophene rings is 1. The van der Waals surface area contributed by atoms with Gasteiger partial charge in [-0.25, -0.2) is 8.42 Å². The zero-order valence-electron chi connectivity index (χ0n) is 12.4. The Morgan fingerprint density at radius 2 is 2.20 bits per heavy atom. The maximum Gasteiger partial charge on any atom is 0.252 e. The number of sulfonamides is 1. The number of hydrogen-bond acceptors (Lipinski definition) is 4. The van der Waals surface area contributed by atoms with Crippen molar-refractivity contribution >= 4 is 21.4 Å². The third-order valence-electron chi connectivity index (χ3n) is 3.98. The lowest BCUT2D eigenvalue weighted by Gasteiger charge is -2.17. The van der Waals surface area contributed by atoms with Gasteiger partial charge in [-0.3, -0.25) is 0 Å². The summed E-state index contributed by atoms with van der Waals surface area (Å²) in [5, 5.41) is 3.08. The lowest BCUT2D eigenvalue weighted by Crippen LogP contribution is -2.28. The number of hydrogen-bond donors (Lipinski definition) is 1. The summed E-state index contributed by atoms with van der Waals surface area (Å²) >= 11 is 1.41. The highest BCUT2D eigenvalue weighted by Gasteiger charge is 2.34. The third kappa shape index (κ3) is 3.42. The SMILES string of the molecule is CNCCc1ccc(S(=O)(=O)N2CCC(C(C)C)C2)s1. The van der Waals surface area contributed by atoms with Crippen LogP contribution in [0.3, 0.4) is 0 Å². The van der Waals surface area contributed by atoms with Crippen LogP contribution in [0.2, 0.25) is 0 Å². The zero-order chi connectivity index (χ0) is 14.8. The summed E-state index contributed by atoms with van der Waals surface area (Å²) in [6.07, 6.45) is 1.86. The zero-order valence-corrected chi connectivity index (χ0v) is 14.1. The first kappa shape index (κ1) is 15.9. The summed E-state index contributed by atoms with van der Waals surface area (Å²) in [5.41, 5.74) is 0. The largest absolute Gasteiger partial charge is 0.319 e. The van der Waals surface area contributed by atoms with Crippen LogP contribution in [0, 0.1) is 11.8 Å². The topological polar surface area (TPSA) is 49.4 Å². The highest BCUT2D eigenvalue weighted by atomic mass is 32.2. The van der Waals surface area contributed by atoms with E-state index in [0.717, 1.165) is 24.3 Å². The van der Waals surface area contributed by atoms with Gasteiger partial charge in [0.2, 0.25) is 0 Å². The van der Waals surface area contributed by atoms with Gasteiger partial charge in [0.1, 0.15) is 4.21 Å². The van der Waals surface area contributed by atoms with Crippen LogP contribution in [0.15, 0.2) is 16.3 Å². The molecule has 1 unspecified atom stereocenters. The quantitative estimate of drug-likeness (QED) is 0.875. The predicted molar refractivity (Wildman–Crippen MR) is 83.7 cm³/mol. The number of rotatable bonds is 6. The average molecular weight is 316 g/mol. The van der Waals surface area contributed by atoms with Gasteiger partial charge in [0.25, 0.3) is 10.0 Å². The van der Waals surface area contributed by atoms with Gasteiger partial charge in [0, 0.05) is 18.0 Å². The first-order valence-corrected chi connectivity index (χ1v) is 9.44. The molecule has 1 N–H and O–H groups in total. The molecule has 1 aliphatic heterocycles. The summed E-state index contributed by atoms with van der Waals surface area (Å²) in [6.45, 7) is 6.54. The summed E-state index contributed by atoms with van der Waals surface area (Å²) in [5.74, 6) is 1.04. The molecular formula is C14H24N2O2S2. The molecule has 0 aliphatic carbocycles. The van der Waals surface area contributed by atoms with Crippen LogP contribution >= 0.6 is 11.3 Å². The molecule has 0 aromatic carbocycles. The van der Waals surface area contributed by atoms with Crippen LogP contribution in [-0.4, -0.2) is 39.4 Å². The van der Waals surface area contributed by atoms with E-state index in [1.165, 1.54) is 11.3 Å². The van der Waals surface area contributed by atoms with Crippen molar-refractivity contribution in [3.63, 3.8) is 0 Å². The lowest BCUT2D eigenvalue weighted by molar-refractivity contribution is 0.389. The van der Waals surface area contributed by atoms with E-state index in [2.05, 4.69) is 19.2 Å². The Balaban J connectivity index is 2.09. The van der Waals surface area contributed by atoms with Gasteiger partial charge < -0.3 is 5.32 Å². The molecule has 2 rings (SSSR count). The standard InChI is InChI=1S/C14H24N2O2S2/c1-11(2)12-7-9-16(10-12)20(17,18)14-5-4-13(19-14)6-8-15-3/h4-5,11-12,15H,6-10H2,1-3H3. The van der Waals surface area contributed by atoms with Crippen LogP contribution in [-0.2, 0) is 16.4 Å². The van der Waals surface area contributed by atoms with E-state index >= 15 is 0 Å². The van der Waals surface area contributed by atoms with Crippen LogP contribution in [0.5, 0.6) is 0 Å². The van der Waals surface area contributed by atoms with Crippen LogP contribution in [0.4, 0.5) is 0 Å². The first-order valence-electron chi connectivity index (χ1n) is 7.18. The van der Waals surface area contributed by atoms with E-state index in [9.17, 15) is 8.42 Å². The molecular weight excluding hydrogens is 292 g/mol. The van der Waals surface area contributed by atoms with Gasteiger partial charge >= 0.3 is 0 Å². The van der Waals surface area contributed by atoms with E-state index in [-0.39, 0.29) is 0 Å². The van der Waals surface area contributed by atoms with E-state index in [1.807, 2.05) is 13.1 Å². The van der Waals surface area contributed by atoms with Gasteiger partial charge in [-0.2, -0.15) is 4.31 Å². The molecule has 6 heteroatoms. The van der Waals surface area contributed by atoms with E-state index in [1.54, 1.807) is 10.4 Å². The number of nitrogens with zero attached hydrogens (tertiary/aromatic N) is 1. The normalized spacial score (nSPS) is 20.9. The fraction of sp³-hybridized carbons (Fsp3) is 0.714. The van der Waals surface area contributed by atoms with Crippen molar-refractivity contribution in [1.29, 1.82) is 0 Å². The van der Waals surface area contributed by atoms with Crippen molar-refractivity contribution in [3.8, 4) is 0 Å². The highest BCUT2D eigenvalue weighted by Crippen LogP contribution is 2.31. The van der Waals surface area contributed by atoms with E-state index in [0.29, 0.717) is 29.1 Å². The Labute approximate surface area is 126 Å². The van der Waals surface area contributed by atoms with Gasteiger partial charge in [0.05, 0.1) is 0 Å². The minimum atomic E-state index is -3.28. The molecule has 1 saturated heterocycles. The van der Waals surface area contributed by atoms with Crippen LogP contribution in [0.1, 0.15) is 25.1 Å². The molecule has 0 spiro atoms.